The molecule has 0 saturated carbocycles. The fourth-order valence-corrected chi connectivity index (χ4v) is 3.42. The Labute approximate surface area is 143 Å². The summed E-state index contributed by atoms with van der Waals surface area (Å²) in [6.45, 7) is 2.02. The third-order valence-corrected chi connectivity index (χ3v) is 4.78. The summed E-state index contributed by atoms with van der Waals surface area (Å²) in [6.07, 6.45) is 2.65. The van der Waals surface area contributed by atoms with E-state index in [4.69, 9.17) is 5.11 Å². The number of nitrogens with one attached hydrogen (secondary N) is 1. The van der Waals surface area contributed by atoms with Crippen LogP contribution in [0, 0.1) is 6.92 Å². The van der Waals surface area contributed by atoms with Crippen molar-refractivity contribution >= 4 is 16.1 Å². The number of benzene rings is 2. The number of sulfonamides is 1. The molecule has 2 aromatic carbocycles. The van der Waals surface area contributed by atoms with E-state index in [1.54, 1.807) is 6.08 Å². The largest absolute Gasteiger partial charge is 0.396 e. The first-order chi connectivity index (χ1) is 11.5. The molecule has 0 aliphatic carbocycles. The predicted molar refractivity (Wildman–Crippen MR) is 97.8 cm³/mol. The molecule has 0 amide bonds. The van der Waals surface area contributed by atoms with Gasteiger partial charge in [-0.15, -0.1) is 0 Å². The van der Waals surface area contributed by atoms with E-state index in [9.17, 15) is 8.42 Å². The third-order valence-electron chi connectivity index (χ3n) is 3.68. The lowest BCUT2D eigenvalue weighted by Crippen LogP contribution is -2.27. The third kappa shape index (κ3) is 5.92. The van der Waals surface area contributed by atoms with Crippen molar-refractivity contribution in [3.05, 3.63) is 76.7 Å². The molecular formula is C19H23NO3S. The number of aliphatic hydroxyl groups excluding tert-OH is 1. The number of aryl methyl sites for hydroxylation is 1. The van der Waals surface area contributed by atoms with Crippen LogP contribution in [0.2, 0.25) is 0 Å². The molecule has 2 aromatic rings. The number of rotatable bonds is 8. The predicted octanol–water partition coefficient (Wildman–Crippen LogP) is 3.40. The van der Waals surface area contributed by atoms with Crippen molar-refractivity contribution in [1.29, 1.82) is 0 Å². The highest BCUT2D eigenvalue weighted by Crippen LogP contribution is 2.19. The van der Waals surface area contributed by atoms with Gasteiger partial charge in [0.1, 0.15) is 0 Å². The average molecular weight is 345 g/mol. The first-order valence-electron chi connectivity index (χ1n) is 7.93. The second-order valence-corrected chi connectivity index (χ2v) is 7.30. The van der Waals surface area contributed by atoms with E-state index in [1.165, 1.54) is 5.41 Å². The van der Waals surface area contributed by atoms with E-state index < -0.39 is 10.0 Å². The van der Waals surface area contributed by atoms with Gasteiger partial charge < -0.3 is 5.11 Å². The molecule has 0 aliphatic rings. The maximum Gasteiger partial charge on any atom is 0.234 e. The molecule has 2 N–H and O–H groups in total. The van der Waals surface area contributed by atoms with Crippen LogP contribution in [-0.2, 0) is 10.0 Å². The highest BCUT2D eigenvalue weighted by molar-refractivity contribution is 7.92. The van der Waals surface area contributed by atoms with Crippen molar-refractivity contribution in [1.82, 2.24) is 4.72 Å². The molecule has 0 aliphatic heterocycles. The molecule has 0 saturated heterocycles. The van der Waals surface area contributed by atoms with Crippen LogP contribution in [0.4, 0.5) is 0 Å². The number of aliphatic hydroxyl groups is 1. The van der Waals surface area contributed by atoms with Gasteiger partial charge in [-0.25, -0.2) is 13.1 Å². The standard InChI is InChI=1S/C19H23NO3S/c1-16-9-11-17(12-10-16)13-15-24(22,23)20-19(8-5-14-21)18-6-3-2-4-7-18/h2-4,6-7,9-13,15,19-21H,5,8,14H2,1H3/b15-13+. The van der Waals surface area contributed by atoms with E-state index in [1.807, 2.05) is 61.5 Å². The molecule has 24 heavy (non-hydrogen) atoms. The first kappa shape index (κ1) is 18.4. The summed E-state index contributed by atoms with van der Waals surface area (Å²) in [4.78, 5) is 0. The Kier molecular flexibility index (Phi) is 6.73. The highest BCUT2D eigenvalue weighted by Gasteiger charge is 2.17. The number of hydrogen-bond donors (Lipinski definition) is 2. The molecule has 128 valence electrons. The van der Waals surface area contributed by atoms with E-state index in [2.05, 4.69) is 4.72 Å². The molecular weight excluding hydrogens is 322 g/mol. The van der Waals surface area contributed by atoms with E-state index in [0.29, 0.717) is 12.8 Å². The normalized spacial score (nSPS) is 13.2. The van der Waals surface area contributed by atoms with Crippen LogP contribution in [0.3, 0.4) is 0 Å². The quantitative estimate of drug-likeness (QED) is 0.770. The van der Waals surface area contributed by atoms with Crippen LogP contribution >= 0.6 is 0 Å². The van der Waals surface area contributed by atoms with Crippen molar-refractivity contribution in [2.45, 2.75) is 25.8 Å². The van der Waals surface area contributed by atoms with Gasteiger partial charge in [0, 0.05) is 18.1 Å². The molecule has 0 radical (unpaired) electrons. The Bertz CT molecular complexity index is 753. The summed E-state index contributed by atoms with van der Waals surface area (Å²) < 4.78 is 27.4. The van der Waals surface area contributed by atoms with Gasteiger partial charge in [-0.05, 0) is 37.0 Å². The molecule has 0 heterocycles. The Morgan fingerprint density at radius 3 is 2.38 bits per heavy atom. The number of hydrogen-bond acceptors (Lipinski definition) is 3. The molecule has 2 rings (SSSR count). The summed E-state index contributed by atoms with van der Waals surface area (Å²) in [6, 6.07) is 16.7. The monoisotopic (exact) mass is 345 g/mol. The lowest BCUT2D eigenvalue weighted by Gasteiger charge is -2.17. The van der Waals surface area contributed by atoms with Crippen LogP contribution in [0.5, 0.6) is 0 Å². The van der Waals surface area contributed by atoms with Gasteiger partial charge >= 0.3 is 0 Å². The summed E-state index contributed by atoms with van der Waals surface area (Å²) in [5, 5.41) is 10.2. The summed E-state index contributed by atoms with van der Waals surface area (Å²) >= 11 is 0. The van der Waals surface area contributed by atoms with Gasteiger partial charge in [-0.2, -0.15) is 0 Å². The highest BCUT2D eigenvalue weighted by atomic mass is 32.2. The minimum atomic E-state index is -3.58. The van der Waals surface area contributed by atoms with Crippen molar-refractivity contribution in [2.24, 2.45) is 0 Å². The van der Waals surface area contributed by atoms with Crippen LogP contribution in [0.1, 0.15) is 35.6 Å². The molecule has 5 heteroatoms. The second-order valence-electron chi connectivity index (χ2n) is 5.71. The Morgan fingerprint density at radius 1 is 1.08 bits per heavy atom. The van der Waals surface area contributed by atoms with Crippen LogP contribution in [0.25, 0.3) is 6.08 Å². The molecule has 0 bridgehead atoms. The van der Waals surface area contributed by atoms with E-state index in [0.717, 1.165) is 16.7 Å². The average Bonchev–Trinajstić information content (AvgIpc) is 2.59. The molecule has 0 fully saturated rings. The molecule has 4 nitrogen and oxygen atoms in total. The summed E-state index contributed by atoms with van der Waals surface area (Å²) in [5.41, 5.74) is 2.84. The van der Waals surface area contributed by atoms with Gasteiger partial charge in [0.2, 0.25) is 10.0 Å². The van der Waals surface area contributed by atoms with Crippen LogP contribution in [-0.4, -0.2) is 20.1 Å². The van der Waals surface area contributed by atoms with Crippen LogP contribution < -0.4 is 4.72 Å². The van der Waals surface area contributed by atoms with Gasteiger partial charge in [0.15, 0.2) is 0 Å². The van der Waals surface area contributed by atoms with Crippen molar-refractivity contribution < 1.29 is 13.5 Å². The van der Waals surface area contributed by atoms with Crippen molar-refractivity contribution in [3.8, 4) is 0 Å². The molecule has 1 atom stereocenters. The fraction of sp³-hybridized carbons (Fsp3) is 0.263. The zero-order chi connectivity index (χ0) is 17.4. The minimum Gasteiger partial charge on any atom is -0.396 e. The second kappa shape index (κ2) is 8.78. The topological polar surface area (TPSA) is 66.4 Å². The van der Waals surface area contributed by atoms with E-state index in [-0.39, 0.29) is 12.6 Å². The first-order valence-corrected chi connectivity index (χ1v) is 9.48. The maximum atomic E-state index is 12.4. The lowest BCUT2D eigenvalue weighted by molar-refractivity contribution is 0.278. The van der Waals surface area contributed by atoms with Crippen molar-refractivity contribution in [2.75, 3.05) is 6.61 Å². The van der Waals surface area contributed by atoms with Gasteiger partial charge in [0.25, 0.3) is 0 Å². The van der Waals surface area contributed by atoms with Crippen LogP contribution in [0.15, 0.2) is 60.0 Å². The molecule has 0 aromatic heterocycles. The van der Waals surface area contributed by atoms with E-state index >= 15 is 0 Å². The Hall–Kier alpha value is -1.95. The molecule has 0 spiro atoms. The van der Waals surface area contributed by atoms with Gasteiger partial charge in [-0.3, -0.25) is 0 Å². The zero-order valence-corrected chi connectivity index (χ0v) is 14.5. The lowest BCUT2D eigenvalue weighted by atomic mass is 10.0. The van der Waals surface area contributed by atoms with Gasteiger partial charge in [0.05, 0.1) is 0 Å². The minimum absolute atomic E-state index is 0.0320. The Morgan fingerprint density at radius 2 is 1.75 bits per heavy atom. The summed E-state index contributed by atoms with van der Waals surface area (Å²) in [7, 11) is -3.58. The molecule has 1 unspecified atom stereocenters. The fourth-order valence-electron chi connectivity index (χ4n) is 2.36. The maximum absolute atomic E-state index is 12.4. The van der Waals surface area contributed by atoms with Crippen molar-refractivity contribution in [3.63, 3.8) is 0 Å². The van der Waals surface area contributed by atoms with Gasteiger partial charge in [-0.1, -0.05) is 60.2 Å². The Balaban J connectivity index is 2.12. The smallest absolute Gasteiger partial charge is 0.234 e. The zero-order valence-electron chi connectivity index (χ0n) is 13.7. The summed E-state index contributed by atoms with van der Waals surface area (Å²) in [5.74, 6) is 0. The SMILES string of the molecule is Cc1ccc(/C=C/S(=O)(=O)NC(CCCO)c2ccccc2)cc1.